The Bertz CT molecular complexity index is 595. The van der Waals surface area contributed by atoms with Crippen molar-refractivity contribution in [3.8, 4) is 12.3 Å². The van der Waals surface area contributed by atoms with Gasteiger partial charge in [0.2, 0.25) is 0 Å². The molecule has 0 saturated heterocycles. The molecule has 0 aromatic carbocycles. The summed E-state index contributed by atoms with van der Waals surface area (Å²) in [6, 6.07) is 0. The summed E-state index contributed by atoms with van der Waals surface area (Å²) < 4.78 is 0. The number of nitrogens with one attached hydrogen (secondary N) is 2. The molecule has 1 fully saturated rings. The zero-order valence-electron chi connectivity index (χ0n) is 9.64. The van der Waals surface area contributed by atoms with Crippen LogP contribution < -0.4 is 11.2 Å². The van der Waals surface area contributed by atoms with Crippen LogP contribution in [0, 0.1) is 18.3 Å². The van der Waals surface area contributed by atoms with Crippen LogP contribution in [-0.2, 0) is 0 Å². The molecule has 3 unspecified atom stereocenters. The summed E-state index contributed by atoms with van der Waals surface area (Å²) in [5.74, 6) is 1.80. The molecule has 0 bridgehead atoms. The van der Waals surface area contributed by atoms with E-state index in [9.17, 15) is 14.7 Å². The lowest BCUT2D eigenvalue weighted by Gasteiger charge is -2.11. The van der Waals surface area contributed by atoms with E-state index >= 15 is 0 Å². The van der Waals surface area contributed by atoms with Gasteiger partial charge in [-0.1, -0.05) is 5.92 Å². The molecule has 6 nitrogen and oxygen atoms in total. The van der Waals surface area contributed by atoms with Gasteiger partial charge in [0.25, 0.3) is 5.56 Å². The van der Waals surface area contributed by atoms with Gasteiger partial charge >= 0.3 is 5.69 Å². The Labute approximate surface area is 103 Å². The largest absolute Gasteiger partial charge is 0.396 e. The molecule has 4 N–H and O–H groups in total. The molecule has 1 heterocycles. The average Bonchev–Trinajstić information content (AvgIpc) is 2.69. The molecular weight excluding hydrogens is 236 g/mol. The van der Waals surface area contributed by atoms with Crippen LogP contribution in [0.4, 0.5) is 0 Å². The number of aliphatic hydroxyl groups excluding tert-OH is 2. The predicted molar refractivity (Wildman–Crippen MR) is 64.2 cm³/mol. The molecule has 1 aromatic rings. The van der Waals surface area contributed by atoms with Crippen LogP contribution in [0.1, 0.15) is 30.0 Å². The van der Waals surface area contributed by atoms with E-state index in [0.29, 0.717) is 18.5 Å². The third kappa shape index (κ3) is 2.10. The van der Waals surface area contributed by atoms with E-state index in [1.807, 2.05) is 0 Å². The van der Waals surface area contributed by atoms with Gasteiger partial charge in [-0.3, -0.25) is 9.78 Å². The molecule has 1 aliphatic carbocycles. The van der Waals surface area contributed by atoms with Gasteiger partial charge in [0.1, 0.15) is 5.56 Å². The standard InChI is InChI=1S/C12H14N2O4/c1-2-8-10(13-12(18)14-11(8)17)6-3-7(5-15)9(16)4-6/h1,6-7,9,15-16H,3-5H2,(H2,13,14,17,18). The molecule has 2 rings (SSSR count). The van der Waals surface area contributed by atoms with Gasteiger partial charge in [-0.05, 0) is 12.8 Å². The summed E-state index contributed by atoms with van der Waals surface area (Å²) >= 11 is 0. The summed E-state index contributed by atoms with van der Waals surface area (Å²) in [5.41, 5.74) is -0.749. The van der Waals surface area contributed by atoms with Gasteiger partial charge in [-0.25, -0.2) is 4.79 Å². The van der Waals surface area contributed by atoms with E-state index in [4.69, 9.17) is 11.5 Å². The van der Waals surface area contributed by atoms with E-state index in [1.165, 1.54) is 0 Å². The first-order chi connectivity index (χ1) is 8.56. The highest BCUT2D eigenvalue weighted by atomic mass is 16.3. The SMILES string of the molecule is C#Cc1c(C2CC(O)C(CO)C2)[nH]c(=O)[nH]c1=O. The summed E-state index contributed by atoms with van der Waals surface area (Å²) in [4.78, 5) is 27.4. The molecule has 1 aliphatic rings. The number of H-pyrrole nitrogens is 2. The van der Waals surface area contributed by atoms with Gasteiger partial charge in [-0.15, -0.1) is 6.42 Å². The van der Waals surface area contributed by atoms with Gasteiger partial charge in [0.15, 0.2) is 0 Å². The molecule has 6 heteroatoms. The van der Waals surface area contributed by atoms with Crippen molar-refractivity contribution in [2.75, 3.05) is 6.61 Å². The summed E-state index contributed by atoms with van der Waals surface area (Å²) in [7, 11) is 0. The first-order valence-corrected chi connectivity index (χ1v) is 5.68. The minimum Gasteiger partial charge on any atom is -0.396 e. The number of rotatable bonds is 2. The van der Waals surface area contributed by atoms with Crippen LogP contribution in [0.3, 0.4) is 0 Å². The quantitative estimate of drug-likeness (QED) is 0.499. The fourth-order valence-electron chi connectivity index (χ4n) is 2.49. The maximum Gasteiger partial charge on any atom is 0.325 e. The van der Waals surface area contributed by atoms with Crippen molar-refractivity contribution in [3.05, 3.63) is 32.1 Å². The summed E-state index contributed by atoms with van der Waals surface area (Å²) in [6.07, 6.45) is 5.49. The second-order valence-corrected chi connectivity index (χ2v) is 4.52. The Hall–Kier alpha value is -1.84. The molecule has 0 amide bonds. The lowest BCUT2D eigenvalue weighted by Crippen LogP contribution is -2.28. The highest BCUT2D eigenvalue weighted by molar-refractivity contribution is 5.36. The number of hydrogen-bond acceptors (Lipinski definition) is 4. The minimum absolute atomic E-state index is 0.0883. The van der Waals surface area contributed by atoms with E-state index in [-0.39, 0.29) is 24.0 Å². The molecular formula is C12H14N2O4. The molecule has 96 valence electrons. The van der Waals surface area contributed by atoms with Crippen LogP contribution >= 0.6 is 0 Å². The van der Waals surface area contributed by atoms with E-state index in [1.54, 1.807) is 0 Å². The average molecular weight is 250 g/mol. The number of aliphatic hydroxyl groups is 2. The van der Waals surface area contributed by atoms with Crippen molar-refractivity contribution in [1.29, 1.82) is 0 Å². The first kappa shape index (κ1) is 12.6. The molecule has 1 aromatic heterocycles. The first-order valence-electron chi connectivity index (χ1n) is 5.68. The Kier molecular flexibility index (Phi) is 3.36. The van der Waals surface area contributed by atoms with Gasteiger partial charge < -0.3 is 15.2 Å². The maximum absolute atomic E-state index is 11.6. The van der Waals surface area contributed by atoms with Crippen molar-refractivity contribution < 1.29 is 10.2 Å². The second kappa shape index (κ2) is 4.80. The van der Waals surface area contributed by atoms with Crippen LogP contribution in [0.15, 0.2) is 9.59 Å². The van der Waals surface area contributed by atoms with Crippen molar-refractivity contribution in [3.63, 3.8) is 0 Å². The molecule has 1 saturated carbocycles. The van der Waals surface area contributed by atoms with Gasteiger partial charge in [0.05, 0.1) is 6.10 Å². The third-order valence-electron chi connectivity index (χ3n) is 3.42. The topological polar surface area (TPSA) is 106 Å². The van der Waals surface area contributed by atoms with Crippen LogP contribution in [-0.4, -0.2) is 32.9 Å². The Morgan fingerprint density at radius 1 is 1.33 bits per heavy atom. The summed E-state index contributed by atoms with van der Waals surface area (Å²) in [5, 5.41) is 18.8. The smallest absolute Gasteiger partial charge is 0.325 e. The molecule has 3 atom stereocenters. The van der Waals surface area contributed by atoms with Crippen molar-refractivity contribution in [2.45, 2.75) is 24.9 Å². The van der Waals surface area contributed by atoms with Gasteiger partial charge in [0, 0.05) is 24.1 Å². The zero-order valence-corrected chi connectivity index (χ0v) is 9.64. The summed E-state index contributed by atoms with van der Waals surface area (Å²) in [6.45, 7) is -0.128. The molecule has 0 spiro atoms. The van der Waals surface area contributed by atoms with Crippen molar-refractivity contribution in [1.82, 2.24) is 9.97 Å². The monoisotopic (exact) mass is 250 g/mol. The van der Waals surface area contributed by atoms with Crippen LogP contribution in [0.2, 0.25) is 0 Å². The zero-order chi connectivity index (χ0) is 13.3. The fraction of sp³-hybridized carbons (Fsp3) is 0.500. The number of terminal acetylenes is 1. The van der Waals surface area contributed by atoms with Crippen LogP contribution in [0.5, 0.6) is 0 Å². The Balaban J connectivity index is 2.44. The van der Waals surface area contributed by atoms with Gasteiger partial charge in [-0.2, -0.15) is 0 Å². The maximum atomic E-state index is 11.6. The Morgan fingerprint density at radius 2 is 2.06 bits per heavy atom. The molecule has 0 radical (unpaired) electrons. The number of aromatic amines is 2. The Morgan fingerprint density at radius 3 is 2.61 bits per heavy atom. The number of aromatic nitrogens is 2. The lowest BCUT2D eigenvalue weighted by atomic mass is 9.98. The van der Waals surface area contributed by atoms with Crippen molar-refractivity contribution in [2.24, 2.45) is 5.92 Å². The predicted octanol–water partition coefficient (Wildman–Crippen LogP) is -1.11. The molecule has 18 heavy (non-hydrogen) atoms. The highest BCUT2D eigenvalue weighted by Gasteiger charge is 2.35. The molecule has 0 aliphatic heterocycles. The van der Waals surface area contributed by atoms with Crippen molar-refractivity contribution >= 4 is 0 Å². The highest BCUT2D eigenvalue weighted by Crippen LogP contribution is 2.37. The fourth-order valence-corrected chi connectivity index (χ4v) is 2.49. The van der Waals surface area contributed by atoms with Crippen LogP contribution in [0.25, 0.3) is 0 Å². The third-order valence-corrected chi connectivity index (χ3v) is 3.42. The van der Waals surface area contributed by atoms with E-state index in [2.05, 4.69) is 15.9 Å². The van der Waals surface area contributed by atoms with E-state index < -0.39 is 17.4 Å². The minimum atomic E-state index is -0.645. The number of hydrogen-bond donors (Lipinski definition) is 4. The van der Waals surface area contributed by atoms with E-state index in [0.717, 1.165) is 0 Å². The lowest BCUT2D eigenvalue weighted by molar-refractivity contribution is 0.0908. The second-order valence-electron chi connectivity index (χ2n) is 4.52. The normalized spacial score (nSPS) is 27.1.